The van der Waals surface area contributed by atoms with Crippen LogP contribution in [0.5, 0.6) is 17.2 Å². The molecule has 2 rings (SSSR count). The Morgan fingerprint density at radius 2 is 1.96 bits per heavy atom. The van der Waals surface area contributed by atoms with Crippen molar-refractivity contribution < 1.29 is 14.6 Å². The number of nitrogens with zero attached hydrogens (tertiary/aromatic N) is 2. The van der Waals surface area contributed by atoms with E-state index < -0.39 is 0 Å². The highest BCUT2D eigenvalue weighted by molar-refractivity contribution is 6.32. The number of rotatable bonds is 7. The highest BCUT2D eigenvalue weighted by Crippen LogP contribution is 2.39. The van der Waals surface area contributed by atoms with Crippen molar-refractivity contribution in [3.8, 4) is 17.2 Å². The van der Waals surface area contributed by atoms with Crippen LogP contribution in [0.4, 0.5) is 11.8 Å². The fourth-order valence-electron chi connectivity index (χ4n) is 2.16. The largest absolute Gasteiger partial charge is 0.495 e. The lowest BCUT2D eigenvalue weighted by molar-refractivity contribution is 0.281. The summed E-state index contributed by atoms with van der Waals surface area (Å²) in [4.78, 5) is 8.31. The van der Waals surface area contributed by atoms with Gasteiger partial charge in [0.25, 0.3) is 0 Å². The Morgan fingerprint density at radius 3 is 2.52 bits per heavy atom. The normalized spacial score (nSPS) is 12.1. The van der Waals surface area contributed by atoms with Gasteiger partial charge in [0, 0.05) is 17.7 Å². The molecule has 7 nitrogen and oxygen atoms in total. The lowest BCUT2D eigenvalue weighted by Crippen LogP contribution is -2.21. The highest BCUT2D eigenvalue weighted by atomic mass is 35.5. The summed E-state index contributed by atoms with van der Waals surface area (Å²) < 4.78 is 11.2. The van der Waals surface area contributed by atoms with Gasteiger partial charge in [-0.15, -0.1) is 0 Å². The van der Waals surface area contributed by atoms with Crippen LogP contribution in [-0.2, 0) is 0 Å². The standard InChI is InChI=1S/C17H23ClN4O3/c1-9(2)11-5-14(24-4)12(18)6-13(11)25-15-7-20-17(22-16(15)19)21-10(3)8-23/h5-7,9-10,23H,8H2,1-4H3,(H3,19,20,21,22). The Balaban J connectivity index is 2.31. The van der Waals surface area contributed by atoms with E-state index >= 15 is 0 Å². The van der Waals surface area contributed by atoms with E-state index in [1.807, 2.05) is 19.9 Å². The third-order valence-electron chi connectivity index (χ3n) is 3.56. The molecule has 0 aliphatic rings. The number of aromatic nitrogens is 2. The van der Waals surface area contributed by atoms with Crippen molar-refractivity contribution in [2.45, 2.75) is 32.7 Å². The number of anilines is 2. The number of aliphatic hydroxyl groups excluding tert-OH is 1. The fourth-order valence-corrected chi connectivity index (χ4v) is 2.39. The van der Waals surface area contributed by atoms with Gasteiger partial charge < -0.3 is 25.6 Å². The first kappa shape index (κ1) is 19.1. The Labute approximate surface area is 152 Å². The maximum atomic E-state index is 9.07. The summed E-state index contributed by atoms with van der Waals surface area (Å²) in [6.45, 7) is 5.85. The SMILES string of the molecule is COc1cc(C(C)C)c(Oc2cnc(NC(C)CO)nc2N)cc1Cl. The number of benzene rings is 1. The zero-order valence-corrected chi connectivity index (χ0v) is 15.5. The van der Waals surface area contributed by atoms with Crippen molar-refractivity contribution in [2.75, 3.05) is 24.8 Å². The third-order valence-corrected chi connectivity index (χ3v) is 3.85. The van der Waals surface area contributed by atoms with Gasteiger partial charge in [-0.05, 0) is 18.9 Å². The van der Waals surface area contributed by atoms with E-state index in [0.29, 0.717) is 28.2 Å². The summed E-state index contributed by atoms with van der Waals surface area (Å²) in [5.41, 5.74) is 6.90. The van der Waals surface area contributed by atoms with E-state index in [9.17, 15) is 0 Å². The molecule has 0 fully saturated rings. The molecule has 4 N–H and O–H groups in total. The average molecular weight is 367 g/mol. The first-order chi connectivity index (χ1) is 11.8. The molecular formula is C17H23ClN4O3. The maximum absolute atomic E-state index is 9.07. The van der Waals surface area contributed by atoms with Gasteiger partial charge in [0.2, 0.25) is 5.95 Å². The molecule has 0 aliphatic heterocycles. The quantitative estimate of drug-likeness (QED) is 0.689. The van der Waals surface area contributed by atoms with Crippen LogP contribution in [0.3, 0.4) is 0 Å². The Bertz CT molecular complexity index is 740. The third kappa shape index (κ3) is 4.64. The molecule has 0 bridgehead atoms. The van der Waals surface area contributed by atoms with E-state index in [4.69, 9.17) is 31.9 Å². The average Bonchev–Trinajstić information content (AvgIpc) is 2.57. The lowest BCUT2D eigenvalue weighted by Gasteiger charge is -2.17. The Kier molecular flexibility index (Phi) is 6.27. The van der Waals surface area contributed by atoms with E-state index in [1.165, 1.54) is 6.20 Å². The molecule has 0 aliphatic carbocycles. The van der Waals surface area contributed by atoms with Crippen molar-refractivity contribution in [2.24, 2.45) is 0 Å². The molecule has 0 spiro atoms. The molecule has 1 aromatic heterocycles. The molecule has 2 aromatic rings. The molecule has 25 heavy (non-hydrogen) atoms. The molecule has 0 amide bonds. The number of nitrogen functional groups attached to an aromatic ring is 1. The van der Waals surface area contributed by atoms with Crippen LogP contribution in [0.2, 0.25) is 5.02 Å². The molecule has 8 heteroatoms. The fraction of sp³-hybridized carbons (Fsp3) is 0.412. The molecule has 0 radical (unpaired) electrons. The van der Waals surface area contributed by atoms with Crippen molar-refractivity contribution >= 4 is 23.4 Å². The topological polar surface area (TPSA) is 103 Å². The van der Waals surface area contributed by atoms with Crippen LogP contribution >= 0.6 is 11.6 Å². The van der Waals surface area contributed by atoms with Crippen molar-refractivity contribution in [3.05, 3.63) is 28.9 Å². The molecule has 1 aromatic carbocycles. The van der Waals surface area contributed by atoms with E-state index in [-0.39, 0.29) is 24.4 Å². The monoisotopic (exact) mass is 366 g/mol. The number of ether oxygens (including phenoxy) is 2. The summed E-state index contributed by atoms with van der Waals surface area (Å²) in [7, 11) is 1.57. The van der Waals surface area contributed by atoms with Crippen LogP contribution < -0.4 is 20.5 Å². The van der Waals surface area contributed by atoms with Crippen LogP contribution in [0.1, 0.15) is 32.3 Å². The minimum Gasteiger partial charge on any atom is -0.495 e. The number of hydrogen-bond donors (Lipinski definition) is 3. The first-order valence-corrected chi connectivity index (χ1v) is 8.28. The highest BCUT2D eigenvalue weighted by Gasteiger charge is 2.16. The van der Waals surface area contributed by atoms with Crippen LogP contribution in [0.25, 0.3) is 0 Å². The van der Waals surface area contributed by atoms with Crippen LogP contribution in [-0.4, -0.2) is 34.8 Å². The Morgan fingerprint density at radius 1 is 1.24 bits per heavy atom. The predicted octanol–water partition coefficient (Wildman–Crippen LogP) is 3.43. The number of aliphatic hydroxyl groups is 1. The summed E-state index contributed by atoms with van der Waals surface area (Å²) in [6.07, 6.45) is 1.48. The zero-order chi connectivity index (χ0) is 18.6. The number of methoxy groups -OCH3 is 1. The van der Waals surface area contributed by atoms with Gasteiger partial charge in [-0.3, -0.25) is 0 Å². The van der Waals surface area contributed by atoms with Gasteiger partial charge in [-0.25, -0.2) is 4.98 Å². The van der Waals surface area contributed by atoms with Gasteiger partial charge >= 0.3 is 0 Å². The second-order valence-electron chi connectivity index (χ2n) is 5.95. The van der Waals surface area contributed by atoms with Crippen molar-refractivity contribution in [3.63, 3.8) is 0 Å². The second kappa shape index (κ2) is 8.22. The molecule has 0 saturated heterocycles. The minimum atomic E-state index is -0.181. The van der Waals surface area contributed by atoms with E-state index in [1.54, 1.807) is 20.1 Å². The molecule has 1 atom stereocenters. The van der Waals surface area contributed by atoms with E-state index in [0.717, 1.165) is 5.56 Å². The lowest BCUT2D eigenvalue weighted by atomic mass is 10.0. The van der Waals surface area contributed by atoms with E-state index in [2.05, 4.69) is 15.3 Å². The number of nitrogens with one attached hydrogen (secondary N) is 1. The minimum absolute atomic E-state index is 0.0381. The predicted molar refractivity (Wildman–Crippen MR) is 98.8 cm³/mol. The number of nitrogens with two attached hydrogens (primary N) is 1. The van der Waals surface area contributed by atoms with Crippen LogP contribution in [0.15, 0.2) is 18.3 Å². The van der Waals surface area contributed by atoms with Crippen molar-refractivity contribution in [1.29, 1.82) is 0 Å². The Hall–Kier alpha value is -2.25. The second-order valence-corrected chi connectivity index (χ2v) is 6.36. The number of hydrogen-bond acceptors (Lipinski definition) is 7. The van der Waals surface area contributed by atoms with Gasteiger partial charge in [0.1, 0.15) is 11.5 Å². The molecule has 1 heterocycles. The summed E-state index contributed by atoms with van der Waals surface area (Å²) in [6, 6.07) is 3.35. The van der Waals surface area contributed by atoms with Crippen LogP contribution in [0, 0.1) is 0 Å². The summed E-state index contributed by atoms with van der Waals surface area (Å²) >= 11 is 6.21. The van der Waals surface area contributed by atoms with Gasteiger partial charge in [-0.1, -0.05) is 25.4 Å². The molecule has 1 unspecified atom stereocenters. The smallest absolute Gasteiger partial charge is 0.225 e. The molecular weight excluding hydrogens is 344 g/mol. The zero-order valence-electron chi connectivity index (χ0n) is 14.7. The maximum Gasteiger partial charge on any atom is 0.225 e. The molecule has 136 valence electrons. The van der Waals surface area contributed by atoms with Crippen molar-refractivity contribution in [1.82, 2.24) is 9.97 Å². The first-order valence-electron chi connectivity index (χ1n) is 7.90. The van der Waals surface area contributed by atoms with Gasteiger partial charge in [0.15, 0.2) is 11.6 Å². The van der Waals surface area contributed by atoms with Gasteiger partial charge in [0.05, 0.1) is 24.9 Å². The number of halogens is 1. The summed E-state index contributed by atoms with van der Waals surface area (Å²) in [5, 5.41) is 12.4. The summed E-state index contributed by atoms with van der Waals surface area (Å²) in [5.74, 6) is 2.17. The molecule has 0 saturated carbocycles. The van der Waals surface area contributed by atoms with Gasteiger partial charge in [-0.2, -0.15) is 4.98 Å².